The lowest BCUT2D eigenvalue weighted by molar-refractivity contribution is -0.692. The van der Waals surface area contributed by atoms with Crippen LogP contribution < -0.4 is 4.57 Å². The molecule has 66 valence electrons. The highest BCUT2D eigenvalue weighted by molar-refractivity contribution is 7.85. The van der Waals surface area contributed by atoms with Gasteiger partial charge in [-0.2, -0.15) is 8.42 Å². The van der Waals surface area contributed by atoms with Crippen molar-refractivity contribution in [2.24, 2.45) is 0 Å². The summed E-state index contributed by atoms with van der Waals surface area (Å²) >= 11 is 0. The minimum absolute atomic E-state index is 0.248. The Balaban J connectivity index is 2.56. The summed E-state index contributed by atoms with van der Waals surface area (Å²) in [5.41, 5.74) is 0. The molecule has 0 aliphatic rings. The van der Waals surface area contributed by atoms with Crippen molar-refractivity contribution in [3.63, 3.8) is 0 Å². The molecule has 0 bridgehead atoms. The lowest BCUT2D eigenvalue weighted by Gasteiger charge is -1.93. The van der Waals surface area contributed by atoms with E-state index in [1.54, 1.807) is 29.1 Å². The van der Waals surface area contributed by atoms with Crippen LogP contribution in [0.15, 0.2) is 30.6 Å². The second-order valence-corrected chi connectivity index (χ2v) is 3.97. The minimum Gasteiger partial charge on any atom is -0.285 e. The molecular formula is C7H10NO3S+. The molecule has 4 nitrogen and oxygen atoms in total. The number of aryl methyl sites for hydroxylation is 1. The van der Waals surface area contributed by atoms with E-state index >= 15 is 0 Å². The summed E-state index contributed by atoms with van der Waals surface area (Å²) < 4.78 is 30.8. The predicted octanol–water partition coefficient (Wildman–Crippen LogP) is -0.138. The van der Waals surface area contributed by atoms with E-state index in [9.17, 15) is 8.42 Å². The Morgan fingerprint density at radius 1 is 1.17 bits per heavy atom. The highest BCUT2D eigenvalue weighted by Crippen LogP contribution is 1.82. The molecule has 1 rings (SSSR count). The second-order valence-electron chi connectivity index (χ2n) is 2.40. The second kappa shape index (κ2) is 3.64. The summed E-state index contributed by atoms with van der Waals surface area (Å²) in [7, 11) is -3.84. The Morgan fingerprint density at radius 3 is 2.25 bits per heavy atom. The van der Waals surface area contributed by atoms with Gasteiger partial charge in [-0.3, -0.25) is 4.55 Å². The average Bonchev–Trinajstić information content (AvgIpc) is 2.02. The number of hydrogen-bond donors (Lipinski definition) is 1. The number of nitrogens with zero attached hydrogens (tertiary/aromatic N) is 1. The third kappa shape index (κ3) is 3.45. The van der Waals surface area contributed by atoms with Crippen molar-refractivity contribution < 1.29 is 17.5 Å². The van der Waals surface area contributed by atoms with Crippen molar-refractivity contribution in [3.05, 3.63) is 30.6 Å². The summed E-state index contributed by atoms with van der Waals surface area (Å²) in [6.45, 7) is 0.277. The first-order valence-electron chi connectivity index (χ1n) is 3.47. The van der Waals surface area contributed by atoms with Crippen LogP contribution in [0.1, 0.15) is 0 Å². The van der Waals surface area contributed by atoms with Gasteiger partial charge >= 0.3 is 0 Å². The predicted molar refractivity (Wildman–Crippen MR) is 43.1 cm³/mol. The summed E-state index contributed by atoms with van der Waals surface area (Å²) in [5.74, 6) is -0.248. The smallest absolute Gasteiger partial charge is 0.271 e. The van der Waals surface area contributed by atoms with Crippen LogP contribution in [0.2, 0.25) is 0 Å². The van der Waals surface area contributed by atoms with Gasteiger partial charge in [0.1, 0.15) is 5.75 Å². The number of pyridine rings is 1. The van der Waals surface area contributed by atoms with Gasteiger partial charge in [-0.05, 0) is 0 Å². The lowest BCUT2D eigenvalue weighted by Crippen LogP contribution is -2.35. The van der Waals surface area contributed by atoms with Crippen LogP contribution in [0.25, 0.3) is 0 Å². The zero-order chi connectivity index (χ0) is 9.03. The van der Waals surface area contributed by atoms with Gasteiger partial charge in [0.15, 0.2) is 18.9 Å². The highest BCUT2D eigenvalue weighted by atomic mass is 32.2. The molecule has 0 atom stereocenters. The van der Waals surface area contributed by atoms with Crippen LogP contribution in [0, 0.1) is 0 Å². The first-order chi connectivity index (χ1) is 5.58. The van der Waals surface area contributed by atoms with Crippen molar-refractivity contribution in [1.29, 1.82) is 0 Å². The van der Waals surface area contributed by atoms with Crippen molar-refractivity contribution in [2.45, 2.75) is 6.54 Å². The van der Waals surface area contributed by atoms with Gasteiger partial charge in [-0.1, -0.05) is 6.07 Å². The molecular weight excluding hydrogens is 178 g/mol. The summed E-state index contributed by atoms with van der Waals surface area (Å²) in [4.78, 5) is 0. The molecule has 1 aromatic heterocycles. The van der Waals surface area contributed by atoms with Crippen LogP contribution >= 0.6 is 0 Å². The molecule has 0 aromatic carbocycles. The SMILES string of the molecule is O=S(=O)(O)CC[n+]1ccccc1. The Labute approximate surface area is 71.2 Å². The summed E-state index contributed by atoms with van der Waals surface area (Å²) in [6, 6.07) is 5.43. The standard InChI is InChI=1S/C7H9NO3S/c9-12(10,11)7-6-8-4-2-1-3-5-8/h1-5H,6-7H2/p+1. The highest BCUT2D eigenvalue weighted by Gasteiger charge is 2.07. The quantitative estimate of drug-likeness (QED) is 0.530. The molecule has 1 aromatic rings. The van der Waals surface area contributed by atoms with Crippen molar-refractivity contribution in [3.8, 4) is 0 Å². The molecule has 0 unspecified atom stereocenters. The Kier molecular flexibility index (Phi) is 2.78. The molecule has 1 heterocycles. The van der Waals surface area contributed by atoms with E-state index in [2.05, 4.69) is 0 Å². The van der Waals surface area contributed by atoms with E-state index in [1.807, 2.05) is 6.07 Å². The van der Waals surface area contributed by atoms with E-state index in [1.165, 1.54) is 0 Å². The van der Waals surface area contributed by atoms with Crippen LogP contribution in [-0.4, -0.2) is 18.7 Å². The van der Waals surface area contributed by atoms with Crippen LogP contribution in [0.3, 0.4) is 0 Å². The molecule has 12 heavy (non-hydrogen) atoms. The van der Waals surface area contributed by atoms with Crippen molar-refractivity contribution in [2.75, 3.05) is 5.75 Å². The zero-order valence-electron chi connectivity index (χ0n) is 6.42. The lowest BCUT2D eigenvalue weighted by atomic mass is 10.5. The van der Waals surface area contributed by atoms with E-state index < -0.39 is 10.1 Å². The number of rotatable bonds is 3. The van der Waals surface area contributed by atoms with Gasteiger partial charge in [0.05, 0.1) is 0 Å². The number of aromatic nitrogens is 1. The largest absolute Gasteiger partial charge is 0.285 e. The molecule has 0 aliphatic heterocycles. The third-order valence-electron chi connectivity index (χ3n) is 1.38. The molecule has 0 radical (unpaired) electrons. The fourth-order valence-corrected chi connectivity index (χ4v) is 1.25. The molecule has 5 heteroatoms. The van der Waals surface area contributed by atoms with Gasteiger partial charge in [0.2, 0.25) is 0 Å². The maximum absolute atomic E-state index is 10.3. The monoisotopic (exact) mass is 188 g/mol. The molecule has 1 N–H and O–H groups in total. The van der Waals surface area contributed by atoms with E-state index in [0.717, 1.165) is 0 Å². The van der Waals surface area contributed by atoms with Gasteiger partial charge in [-0.15, -0.1) is 0 Å². The van der Waals surface area contributed by atoms with Gasteiger partial charge in [-0.25, -0.2) is 4.57 Å². The maximum atomic E-state index is 10.3. The molecule has 0 saturated heterocycles. The third-order valence-corrected chi connectivity index (χ3v) is 2.08. The molecule has 0 spiro atoms. The summed E-state index contributed by atoms with van der Waals surface area (Å²) in [6.07, 6.45) is 3.48. The first-order valence-corrected chi connectivity index (χ1v) is 5.08. The van der Waals surface area contributed by atoms with Crippen LogP contribution in [0.5, 0.6) is 0 Å². The summed E-state index contributed by atoms with van der Waals surface area (Å²) in [5, 5.41) is 0. The molecule has 0 aliphatic carbocycles. The topological polar surface area (TPSA) is 58.3 Å². The van der Waals surface area contributed by atoms with Crippen molar-refractivity contribution >= 4 is 10.1 Å². The molecule has 0 amide bonds. The first kappa shape index (κ1) is 9.15. The van der Waals surface area contributed by atoms with E-state index in [-0.39, 0.29) is 12.3 Å². The van der Waals surface area contributed by atoms with E-state index in [4.69, 9.17) is 4.55 Å². The molecule has 0 saturated carbocycles. The fourth-order valence-electron chi connectivity index (χ4n) is 0.804. The van der Waals surface area contributed by atoms with Crippen LogP contribution in [0.4, 0.5) is 0 Å². The number of hydrogen-bond acceptors (Lipinski definition) is 2. The van der Waals surface area contributed by atoms with Gasteiger partial charge in [0.25, 0.3) is 10.1 Å². The minimum atomic E-state index is -3.84. The van der Waals surface area contributed by atoms with Crippen molar-refractivity contribution in [1.82, 2.24) is 0 Å². The molecule has 0 fully saturated rings. The average molecular weight is 188 g/mol. The van der Waals surface area contributed by atoms with Crippen LogP contribution in [-0.2, 0) is 16.7 Å². The Hall–Kier alpha value is -0.940. The zero-order valence-corrected chi connectivity index (χ0v) is 7.24. The Bertz CT molecular complexity index is 333. The van der Waals surface area contributed by atoms with Gasteiger partial charge in [0, 0.05) is 12.1 Å². The maximum Gasteiger partial charge on any atom is 0.271 e. The Morgan fingerprint density at radius 2 is 1.75 bits per heavy atom. The van der Waals surface area contributed by atoms with Gasteiger partial charge < -0.3 is 0 Å². The van der Waals surface area contributed by atoms with E-state index in [0.29, 0.717) is 0 Å². The normalized spacial score (nSPS) is 11.4. The fraction of sp³-hybridized carbons (Fsp3) is 0.286.